The third-order valence-electron chi connectivity index (χ3n) is 5.19. The van der Waals surface area contributed by atoms with Gasteiger partial charge in [0.2, 0.25) is 0 Å². The summed E-state index contributed by atoms with van der Waals surface area (Å²) in [5, 5.41) is 10.7. The second kappa shape index (κ2) is 8.62. The summed E-state index contributed by atoms with van der Waals surface area (Å²) in [7, 11) is 0. The van der Waals surface area contributed by atoms with E-state index in [1.807, 2.05) is 30.3 Å². The summed E-state index contributed by atoms with van der Waals surface area (Å²) in [6, 6.07) is 11.0. The van der Waals surface area contributed by atoms with E-state index in [9.17, 15) is 9.90 Å². The summed E-state index contributed by atoms with van der Waals surface area (Å²) in [6.07, 6.45) is 6.60. The topological polar surface area (TPSA) is 49.8 Å². The first-order valence-electron chi connectivity index (χ1n) is 9.57. The van der Waals surface area contributed by atoms with E-state index in [-0.39, 0.29) is 11.9 Å². The van der Waals surface area contributed by atoms with Crippen LogP contribution in [0.4, 0.5) is 5.69 Å². The van der Waals surface area contributed by atoms with Crippen LogP contribution in [0, 0.1) is 0 Å². The van der Waals surface area contributed by atoms with E-state index in [4.69, 9.17) is 27.9 Å². The molecule has 2 aromatic carbocycles. The van der Waals surface area contributed by atoms with Crippen LogP contribution in [0.1, 0.15) is 28.8 Å². The molecule has 1 N–H and O–H groups in total. The molecule has 2 aliphatic rings. The standard InChI is InChI=1S/C23H21Cl2NO3/c24-18-12-17-11-15(14-29-23(17)21(25)13-18)1-6-22(28)16-2-4-19(5-3-16)26-9-7-20(27)8-10-26/h1-6,11-13,20,27H,7-10,14H2/b6-1+. The van der Waals surface area contributed by atoms with Gasteiger partial charge < -0.3 is 14.7 Å². The normalized spacial score (nSPS) is 17.1. The highest BCUT2D eigenvalue weighted by atomic mass is 35.5. The molecule has 0 bridgehead atoms. The van der Waals surface area contributed by atoms with Crippen LogP contribution in [-0.4, -0.2) is 36.7 Å². The predicted octanol–water partition coefficient (Wildman–Crippen LogP) is 5.17. The first-order valence-corrected chi connectivity index (χ1v) is 10.3. The van der Waals surface area contributed by atoms with Gasteiger partial charge in [0.05, 0.1) is 11.1 Å². The Morgan fingerprint density at radius 1 is 1.14 bits per heavy atom. The lowest BCUT2D eigenvalue weighted by Gasteiger charge is -2.31. The van der Waals surface area contributed by atoms with Crippen molar-refractivity contribution in [3.8, 4) is 5.75 Å². The Labute approximate surface area is 180 Å². The minimum atomic E-state index is -0.200. The molecule has 6 heteroatoms. The number of nitrogens with zero attached hydrogens (tertiary/aromatic N) is 1. The molecular formula is C23H21Cl2NO3. The lowest BCUT2D eigenvalue weighted by Crippen LogP contribution is -2.35. The van der Waals surface area contributed by atoms with Gasteiger partial charge in [-0.2, -0.15) is 0 Å². The number of ketones is 1. The molecule has 0 unspecified atom stereocenters. The van der Waals surface area contributed by atoms with Gasteiger partial charge in [-0.05, 0) is 67.0 Å². The molecule has 4 nitrogen and oxygen atoms in total. The van der Waals surface area contributed by atoms with E-state index in [2.05, 4.69) is 4.90 Å². The number of hydrogen-bond donors (Lipinski definition) is 1. The van der Waals surface area contributed by atoms with E-state index >= 15 is 0 Å². The van der Waals surface area contributed by atoms with Gasteiger partial charge in [0.25, 0.3) is 0 Å². The Kier molecular flexibility index (Phi) is 5.95. The van der Waals surface area contributed by atoms with E-state index in [0.29, 0.717) is 28.0 Å². The zero-order valence-electron chi connectivity index (χ0n) is 15.8. The number of piperidine rings is 1. The number of aliphatic hydroxyl groups excluding tert-OH is 1. The number of halogens is 2. The molecule has 150 valence electrons. The van der Waals surface area contributed by atoms with Crippen LogP contribution in [0.25, 0.3) is 6.08 Å². The second-order valence-corrected chi connectivity index (χ2v) is 8.12. The zero-order chi connectivity index (χ0) is 20.4. The number of benzene rings is 2. The molecule has 0 atom stereocenters. The highest BCUT2D eigenvalue weighted by Crippen LogP contribution is 2.36. The molecule has 0 radical (unpaired) electrons. The Bertz CT molecular complexity index is 974. The van der Waals surface area contributed by atoms with Crippen LogP contribution in [0.3, 0.4) is 0 Å². The quantitative estimate of drug-likeness (QED) is 0.537. The number of ether oxygens (including phenoxy) is 1. The number of aliphatic hydroxyl groups is 1. The number of fused-ring (bicyclic) bond motifs is 1. The SMILES string of the molecule is O=C(/C=C/C1=Cc2cc(Cl)cc(Cl)c2OC1)c1ccc(N2CCC(O)CC2)cc1. The maximum atomic E-state index is 12.5. The van der Waals surface area contributed by atoms with Crippen LogP contribution in [0.15, 0.2) is 54.1 Å². The van der Waals surface area contributed by atoms with Gasteiger partial charge >= 0.3 is 0 Å². The summed E-state index contributed by atoms with van der Waals surface area (Å²) in [5.74, 6) is 0.543. The van der Waals surface area contributed by atoms with Gasteiger partial charge in [-0.25, -0.2) is 0 Å². The number of carbonyl (C=O) groups excluding carboxylic acids is 1. The highest BCUT2D eigenvalue weighted by molar-refractivity contribution is 6.36. The molecule has 2 heterocycles. The molecule has 2 aliphatic heterocycles. The maximum Gasteiger partial charge on any atom is 0.185 e. The number of hydrogen-bond acceptors (Lipinski definition) is 4. The molecule has 0 amide bonds. The Hall–Kier alpha value is -2.27. The molecule has 0 spiro atoms. The lowest BCUT2D eigenvalue weighted by atomic mass is 10.0. The van der Waals surface area contributed by atoms with Crippen LogP contribution in [0.2, 0.25) is 10.0 Å². The van der Waals surface area contributed by atoms with Crippen LogP contribution in [0.5, 0.6) is 5.75 Å². The highest BCUT2D eigenvalue weighted by Gasteiger charge is 2.18. The third-order valence-corrected chi connectivity index (χ3v) is 5.69. The van der Waals surface area contributed by atoms with Crippen molar-refractivity contribution >= 4 is 40.7 Å². The number of carbonyl (C=O) groups is 1. The fraction of sp³-hybridized carbons (Fsp3) is 0.261. The van der Waals surface area contributed by atoms with E-state index in [0.717, 1.165) is 42.8 Å². The van der Waals surface area contributed by atoms with Crippen LogP contribution in [-0.2, 0) is 0 Å². The van der Waals surface area contributed by atoms with E-state index < -0.39 is 0 Å². The van der Waals surface area contributed by atoms with Crippen molar-refractivity contribution in [3.63, 3.8) is 0 Å². The van der Waals surface area contributed by atoms with Crippen molar-refractivity contribution in [3.05, 3.63) is 75.3 Å². The Balaban J connectivity index is 1.44. The summed E-state index contributed by atoms with van der Waals surface area (Å²) >= 11 is 12.2. The third kappa shape index (κ3) is 4.67. The van der Waals surface area contributed by atoms with Gasteiger partial charge in [0, 0.05) is 34.9 Å². The average molecular weight is 430 g/mol. The van der Waals surface area contributed by atoms with Crippen molar-refractivity contribution < 1.29 is 14.6 Å². The van der Waals surface area contributed by atoms with Gasteiger partial charge in [-0.3, -0.25) is 4.79 Å². The molecular weight excluding hydrogens is 409 g/mol. The molecule has 1 fully saturated rings. The number of allylic oxidation sites excluding steroid dienone is 1. The van der Waals surface area contributed by atoms with Crippen LogP contribution < -0.4 is 9.64 Å². The molecule has 29 heavy (non-hydrogen) atoms. The zero-order valence-corrected chi connectivity index (χ0v) is 17.3. The summed E-state index contributed by atoms with van der Waals surface area (Å²) in [4.78, 5) is 14.8. The molecule has 2 aromatic rings. The van der Waals surface area contributed by atoms with Crippen molar-refractivity contribution in [2.75, 3.05) is 24.6 Å². The van der Waals surface area contributed by atoms with E-state index in [1.54, 1.807) is 24.3 Å². The first kappa shape index (κ1) is 20.0. The van der Waals surface area contributed by atoms with Crippen LogP contribution >= 0.6 is 23.2 Å². The molecule has 1 saturated heterocycles. The van der Waals surface area contributed by atoms with Gasteiger partial charge in [-0.15, -0.1) is 0 Å². The van der Waals surface area contributed by atoms with E-state index in [1.165, 1.54) is 0 Å². The number of anilines is 1. The average Bonchev–Trinajstić information content (AvgIpc) is 2.72. The minimum absolute atomic E-state index is 0.0681. The fourth-order valence-corrected chi connectivity index (χ4v) is 4.14. The summed E-state index contributed by atoms with van der Waals surface area (Å²) < 4.78 is 5.71. The lowest BCUT2D eigenvalue weighted by molar-refractivity contribution is 0.104. The Morgan fingerprint density at radius 2 is 1.86 bits per heavy atom. The predicted molar refractivity (Wildman–Crippen MR) is 117 cm³/mol. The van der Waals surface area contributed by atoms with Gasteiger partial charge in [0.15, 0.2) is 5.78 Å². The largest absolute Gasteiger partial charge is 0.487 e. The van der Waals surface area contributed by atoms with Gasteiger partial charge in [0.1, 0.15) is 12.4 Å². The number of rotatable bonds is 4. The minimum Gasteiger partial charge on any atom is -0.487 e. The second-order valence-electron chi connectivity index (χ2n) is 7.28. The van der Waals surface area contributed by atoms with Crippen molar-refractivity contribution in [1.29, 1.82) is 0 Å². The molecule has 4 rings (SSSR count). The molecule has 0 aliphatic carbocycles. The van der Waals surface area contributed by atoms with Gasteiger partial charge in [-0.1, -0.05) is 29.3 Å². The molecule has 0 saturated carbocycles. The van der Waals surface area contributed by atoms with Crippen molar-refractivity contribution in [2.45, 2.75) is 18.9 Å². The van der Waals surface area contributed by atoms with Crippen molar-refractivity contribution in [1.82, 2.24) is 0 Å². The monoisotopic (exact) mass is 429 g/mol. The summed E-state index contributed by atoms with van der Waals surface area (Å²) in [5.41, 5.74) is 3.38. The maximum absolute atomic E-state index is 12.5. The molecule has 0 aromatic heterocycles. The first-order chi connectivity index (χ1) is 14.0. The fourth-order valence-electron chi connectivity index (χ4n) is 3.57. The smallest absolute Gasteiger partial charge is 0.185 e. The Morgan fingerprint density at radius 3 is 2.59 bits per heavy atom. The summed E-state index contributed by atoms with van der Waals surface area (Å²) in [6.45, 7) is 2.01. The van der Waals surface area contributed by atoms with Crippen molar-refractivity contribution in [2.24, 2.45) is 0 Å².